The van der Waals surface area contributed by atoms with Crippen molar-refractivity contribution in [2.45, 2.75) is 26.4 Å². The van der Waals surface area contributed by atoms with Gasteiger partial charge in [-0.2, -0.15) is 0 Å². The highest BCUT2D eigenvalue weighted by Gasteiger charge is 2.16. The Morgan fingerprint density at radius 1 is 1.47 bits per heavy atom. The number of aryl methyl sites for hydroxylation is 1. The lowest BCUT2D eigenvalue weighted by atomic mass is 10.1. The van der Waals surface area contributed by atoms with Gasteiger partial charge in [-0.15, -0.1) is 12.4 Å². The molecule has 2 rings (SSSR count). The molecule has 1 N–H and O–H groups in total. The molecule has 1 atom stereocenters. The lowest BCUT2D eigenvalue weighted by molar-refractivity contribution is 0.199. The number of benzene rings is 1. The highest BCUT2D eigenvalue weighted by Crippen LogP contribution is 2.20. The SMILES string of the molecule is Cc1ccc(CN2CCNC(C)C2)c(Br)c1.Cl. The molecule has 1 saturated heterocycles. The van der Waals surface area contributed by atoms with Gasteiger partial charge in [0.2, 0.25) is 0 Å². The first-order valence-corrected chi connectivity index (χ1v) is 6.65. The van der Waals surface area contributed by atoms with Gasteiger partial charge in [0.1, 0.15) is 0 Å². The second kappa shape index (κ2) is 6.74. The van der Waals surface area contributed by atoms with Gasteiger partial charge in [-0.3, -0.25) is 4.90 Å². The number of piperazine rings is 1. The zero-order valence-corrected chi connectivity index (χ0v) is 12.8. The monoisotopic (exact) mass is 318 g/mol. The third kappa shape index (κ3) is 4.25. The molecule has 1 aromatic rings. The highest BCUT2D eigenvalue weighted by molar-refractivity contribution is 9.10. The molecule has 1 fully saturated rings. The maximum Gasteiger partial charge on any atom is 0.0246 e. The van der Waals surface area contributed by atoms with E-state index in [0.29, 0.717) is 6.04 Å². The van der Waals surface area contributed by atoms with Crippen LogP contribution in [0.25, 0.3) is 0 Å². The summed E-state index contributed by atoms with van der Waals surface area (Å²) in [6.45, 7) is 8.81. The molecule has 1 aliphatic rings. The van der Waals surface area contributed by atoms with Gasteiger partial charge < -0.3 is 5.32 Å². The first-order chi connectivity index (χ1) is 7.65. The van der Waals surface area contributed by atoms with Crippen LogP contribution < -0.4 is 5.32 Å². The molecule has 0 spiro atoms. The van der Waals surface area contributed by atoms with Gasteiger partial charge in [0.15, 0.2) is 0 Å². The lowest BCUT2D eigenvalue weighted by Crippen LogP contribution is -2.48. The largest absolute Gasteiger partial charge is 0.312 e. The van der Waals surface area contributed by atoms with Gasteiger partial charge in [0, 0.05) is 36.7 Å². The van der Waals surface area contributed by atoms with E-state index in [9.17, 15) is 0 Å². The van der Waals surface area contributed by atoms with Crippen LogP contribution in [-0.2, 0) is 6.54 Å². The predicted octanol–water partition coefficient (Wildman–Crippen LogP) is 2.97. The molecule has 0 saturated carbocycles. The topological polar surface area (TPSA) is 15.3 Å². The predicted molar refractivity (Wildman–Crippen MR) is 78.9 cm³/mol. The van der Waals surface area contributed by atoms with Crippen LogP contribution in [0.4, 0.5) is 0 Å². The molecule has 4 heteroatoms. The van der Waals surface area contributed by atoms with Crippen molar-refractivity contribution < 1.29 is 0 Å². The average molecular weight is 320 g/mol. The number of hydrogen-bond donors (Lipinski definition) is 1. The Bertz CT molecular complexity index is 370. The van der Waals surface area contributed by atoms with Crippen LogP contribution in [0.5, 0.6) is 0 Å². The Morgan fingerprint density at radius 3 is 2.88 bits per heavy atom. The fraction of sp³-hybridized carbons (Fsp3) is 0.538. The second-order valence-corrected chi connectivity index (χ2v) is 5.54. The summed E-state index contributed by atoms with van der Waals surface area (Å²) < 4.78 is 1.23. The molecule has 1 aromatic carbocycles. The molecule has 2 nitrogen and oxygen atoms in total. The van der Waals surface area contributed by atoms with Crippen molar-refractivity contribution in [1.82, 2.24) is 10.2 Å². The van der Waals surface area contributed by atoms with Crippen molar-refractivity contribution >= 4 is 28.3 Å². The Kier molecular flexibility index (Phi) is 5.93. The first kappa shape index (κ1) is 15.0. The summed E-state index contributed by atoms with van der Waals surface area (Å²) in [6, 6.07) is 7.22. The standard InChI is InChI=1S/C13H19BrN2.ClH/c1-10-3-4-12(13(14)7-10)9-16-6-5-15-11(2)8-16;/h3-4,7,11,15H,5-6,8-9H2,1-2H3;1H. The van der Waals surface area contributed by atoms with E-state index in [2.05, 4.69) is 58.2 Å². The van der Waals surface area contributed by atoms with Gasteiger partial charge in [-0.25, -0.2) is 0 Å². The molecule has 96 valence electrons. The minimum Gasteiger partial charge on any atom is -0.312 e. The van der Waals surface area contributed by atoms with Crippen LogP contribution in [0, 0.1) is 6.92 Å². The third-order valence-corrected chi connectivity index (χ3v) is 3.79. The fourth-order valence-corrected chi connectivity index (χ4v) is 2.80. The van der Waals surface area contributed by atoms with E-state index in [1.807, 2.05) is 0 Å². The number of hydrogen-bond acceptors (Lipinski definition) is 2. The summed E-state index contributed by atoms with van der Waals surface area (Å²) in [6.07, 6.45) is 0. The van der Waals surface area contributed by atoms with Crippen molar-refractivity contribution in [3.63, 3.8) is 0 Å². The van der Waals surface area contributed by atoms with Crippen LogP contribution in [0.2, 0.25) is 0 Å². The summed E-state index contributed by atoms with van der Waals surface area (Å²) in [5.74, 6) is 0. The molecule has 0 bridgehead atoms. The van der Waals surface area contributed by atoms with E-state index in [1.165, 1.54) is 15.6 Å². The zero-order chi connectivity index (χ0) is 11.5. The normalized spacial score (nSPS) is 21.0. The van der Waals surface area contributed by atoms with Gasteiger partial charge in [-0.05, 0) is 31.0 Å². The number of rotatable bonds is 2. The summed E-state index contributed by atoms with van der Waals surface area (Å²) >= 11 is 3.65. The summed E-state index contributed by atoms with van der Waals surface area (Å²) in [5, 5.41) is 3.47. The minimum atomic E-state index is 0. The third-order valence-electron chi connectivity index (χ3n) is 3.06. The van der Waals surface area contributed by atoms with E-state index < -0.39 is 0 Å². The van der Waals surface area contributed by atoms with E-state index in [4.69, 9.17) is 0 Å². The maximum absolute atomic E-state index is 3.65. The fourth-order valence-electron chi connectivity index (χ4n) is 2.18. The molecular formula is C13H20BrClN2. The van der Waals surface area contributed by atoms with Gasteiger partial charge >= 0.3 is 0 Å². The van der Waals surface area contributed by atoms with E-state index in [-0.39, 0.29) is 12.4 Å². The van der Waals surface area contributed by atoms with E-state index >= 15 is 0 Å². The quantitative estimate of drug-likeness (QED) is 0.901. The zero-order valence-electron chi connectivity index (χ0n) is 10.4. The van der Waals surface area contributed by atoms with Crippen LogP contribution >= 0.6 is 28.3 Å². The molecule has 0 radical (unpaired) electrons. The molecule has 0 amide bonds. The van der Waals surface area contributed by atoms with Crippen molar-refractivity contribution in [3.8, 4) is 0 Å². The van der Waals surface area contributed by atoms with Crippen molar-refractivity contribution in [3.05, 3.63) is 33.8 Å². The van der Waals surface area contributed by atoms with E-state index in [1.54, 1.807) is 0 Å². The van der Waals surface area contributed by atoms with E-state index in [0.717, 1.165) is 26.2 Å². The smallest absolute Gasteiger partial charge is 0.0246 e. The average Bonchev–Trinajstić information content (AvgIpc) is 2.22. The van der Waals surface area contributed by atoms with Crippen LogP contribution in [0.15, 0.2) is 22.7 Å². The first-order valence-electron chi connectivity index (χ1n) is 5.86. The van der Waals surface area contributed by atoms with Crippen molar-refractivity contribution in [1.29, 1.82) is 0 Å². The Balaban J connectivity index is 0.00000144. The highest BCUT2D eigenvalue weighted by atomic mass is 79.9. The summed E-state index contributed by atoms with van der Waals surface area (Å²) in [4.78, 5) is 2.51. The van der Waals surface area contributed by atoms with Gasteiger partial charge in [-0.1, -0.05) is 28.1 Å². The Morgan fingerprint density at radius 2 is 2.24 bits per heavy atom. The van der Waals surface area contributed by atoms with Gasteiger partial charge in [0.05, 0.1) is 0 Å². The molecule has 1 heterocycles. The molecule has 17 heavy (non-hydrogen) atoms. The Labute approximate surface area is 118 Å². The number of nitrogens with zero attached hydrogens (tertiary/aromatic N) is 1. The molecule has 0 aromatic heterocycles. The van der Waals surface area contributed by atoms with Crippen LogP contribution in [0.1, 0.15) is 18.1 Å². The van der Waals surface area contributed by atoms with Crippen molar-refractivity contribution in [2.24, 2.45) is 0 Å². The molecular weight excluding hydrogens is 300 g/mol. The maximum atomic E-state index is 3.65. The molecule has 1 aliphatic heterocycles. The number of halogens is 2. The lowest BCUT2D eigenvalue weighted by Gasteiger charge is -2.32. The van der Waals surface area contributed by atoms with Crippen LogP contribution in [0.3, 0.4) is 0 Å². The van der Waals surface area contributed by atoms with Crippen LogP contribution in [-0.4, -0.2) is 30.6 Å². The molecule has 0 aliphatic carbocycles. The second-order valence-electron chi connectivity index (χ2n) is 4.69. The summed E-state index contributed by atoms with van der Waals surface area (Å²) in [5.41, 5.74) is 2.70. The Hall–Kier alpha value is -0.0900. The van der Waals surface area contributed by atoms with Crippen molar-refractivity contribution in [2.75, 3.05) is 19.6 Å². The van der Waals surface area contributed by atoms with Gasteiger partial charge in [0.25, 0.3) is 0 Å². The molecule has 1 unspecified atom stereocenters. The summed E-state index contributed by atoms with van der Waals surface area (Å²) in [7, 11) is 0. The minimum absolute atomic E-state index is 0. The number of nitrogens with one attached hydrogen (secondary N) is 1.